The van der Waals surface area contributed by atoms with Gasteiger partial charge in [0.05, 0.1) is 0 Å². The van der Waals surface area contributed by atoms with Crippen LogP contribution in [0.15, 0.2) is 24.3 Å². The maximum atomic E-state index is 7.54. The first-order chi connectivity index (χ1) is 9.72. The van der Waals surface area contributed by atoms with Gasteiger partial charge in [0.1, 0.15) is 5.84 Å². The van der Waals surface area contributed by atoms with E-state index < -0.39 is 0 Å². The maximum Gasteiger partial charge on any atom is 0.122 e. The average Bonchev–Trinajstić information content (AvgIpc) is 2.47. The zero-order chi connectivity index (χ0) is 13.9. The number of piperidine rings is 1. The van der Waals surface area contributed by atoms with Crippen LogP contribution in [-0.2, 0) is 6.54 Å². The van der Waals surface area contributed by atoms with Crippen molar-refractivity contribution in [1.82, 2.24) is 4.90 Å². The highest BCUT2D eigenvalue weighted by Crippen LogP contribution is 2.36. The Hall–Kier alpha value is -1.35. The number of amidine groups is 1. The van der Waals surface area contributed by atoms with Crippen molar-refractivity contribution in [2.75, 3.05) is 13.1 Å². The van der Waals surface area contributed by atoms with Gasteiger partial charge in [-0.2, -0.15) is 0 Å². The number of nitrogens with zero attached hydrogens (tertiary/aromatic N) is 1. The highest BCUT2D eigenvalue weighted by Gasteiger charge is 2.30. The Kier molecular flexibility index (Phi) is 4.06. The number of nitrogen functional groups attached to an aromatic ring is 1. The molecular formula is C17H25N3. The quantitative estimate of drug-likeness (QED) is 0.656. The third-order valence-corrected chi connectivity index (χ3v) is 5.02. The van der Waals surface area contributed by atoms with E-state index in [0.29, 0.717) is 0 Å². The second-order valence-electron chi connectivity index (χ2n) is 6.44. The lowest BCUT2D eigenvalue weighted by Crippen LogP contribution is -2.41. The Morgan fingerprint density at radius 3 is 2.80 bits per heavy atom. The molecular weight excluding hydrogens is 246 g/mol. The maximum absolute atomic E-state index is 7.54. The minimum Gasteiger partial charge on any atom is -0.384 e. The highest BCUT2D eigenvalue weighted by molar-refractivity contribution is 5.95. The Labute approximate surface area is 121 Å². The Balaban J connectivity index is 1.63. The van der Waals surface area contributed by atoms with Crippen molar-refractivity contribution in [1.29, 1.82) is 5.41 Å². The molecule has 0 radical (unpaired) electrons. The standard InChI is InChI=1S/C17H25N3/c18-17(19)15-7-3-4-13(10-15)11-20-9-8-14-5-1-2-6-16(14)12-20/h3-4,7,10,14,16H,1-2,5-6,8-9,11-12H2,(H3,18,19). The average molecular weight is 271 g/mol. The molecule has 20 heavy (non-hydrogen) atoms. The van der Waals surface area contributed by atoms with E-state index >= 15 is 0 Å². The summed E-state index contributed by atoms with van der Waals surface area (Å²) >= 11 is 0. The number of fused-ring (bicyclic) bond motifs is 1. The molecule has 3 N–H and O–H groups in total. The molecule has 0 bridgehead atoms. The van der Waals surface area contributed by atoms with Crippen LogP contribution in [0.4, 0.5) is 0 Å². The van der Waals surface area contributed by atoms with Crippen LogP contribution in [0.3, 0.4) is 0 Å². The van der Waals surface area contributed by atoms with Gasteiger partial charge in [0, 0.05) is 18.7 Å². The summed E-state index contributed by atoms with van der Waals surface area (Å²) in [6.45, 7) is 3.49. The zero-order valence-electron chi connectivity index (χ0n) is 12.1. The molecule has 108 valence electrons. The Bertz CT molecular complexity index is 483. The molecule has 1 aromatic rings. The van der Waals surface area contributed by atoms with E-state index in [4.69, 9.17) is 11.1 Å². The highest BCUT2D eigenvalue weighted by atomic mass is 15.1. The molecule has 2 aliphatic rings. The van der Waals surface area contributed by atoms with Gasteiger partial charge in [-0.3, -0.25) is 10.3 Å². The van der Waals surface area contributed by atoms with Gasteiger partial charge in [0.15, 0.2) is 0 Å². The molecule has 3 heteroatoms. The van der Waals surface area contributed by atoms with Gasteiger partial charge in [-0.15, -0.1) is 0 Å². The topological polar surface area (TPSA) is 53.1 Å². The van der Waals surface area contributed by atoms with Crippen LogP contribution in [0.25, 0.3) is 0 Å². The van der Waals surface area contributed by atoms with E-state index in [1.807, 2.05) is 12.1 Å². The van der Waals surface area contributed by atoms with Crippen LogP contribution in [0.1, 0.15) is 43.2 Å². The Morgan fingerprint density at radius 2 is 2.00 bits per heavy atom. The van der Waals surface area contributed by atoms with Crippen molar-refractivity contribution in [2.24, 2.45) is 17.6 Å². The van der Waals surface area contributed by atoms with Gasteiger partial charge < -0.3 is 5.73 Å². The number of nitrogens with one attached hydrogen (secondary N) is 1. The first-order valence-electron chi connectivity index (χ1n) is 7.88. The summed E-state index contributed by atoms with van der Waals surface area (Å²) in [7, 11) is 0. The number of likely N-dealkylation sites (tertiary alicyclic amines) is 1. The molecule has 3 rings (SSSR count). The number of hydrogen-bond acceptors (Lipinski definition) is 2. The number of benzene rings is 1. The minimum absolute atomic E-state index is 0.165. The smallest absolute Gasteiger partial charge is 0.122 e. The van der Waals surface area contributed by atoms with Crippen LogP contribution in [0, 0.1) is 17.2 Å². The summed E-state index contributed by atoms with van der Waals surface area (Å²) < 4.78 is 0. The van der Waals surface area contributed by atoms with Crippen LogP contribution in [-0.4, -0.2) is 23.8 Å². The molecule has 1 heterocycles. The van der Waals surface area contributed by atoms with Gasteiger partial charge in [-0.25, -0.2) is 0 Å². The zero-order valence-corrected chi connectivity index (χ0v) is 12.1. The van der Waals surface area contributed by atoms with Gasteiger partial charge in [0.25, 0.3) is 0 Å². The second-order valence-corrected chi connectivity index (χ2v) is 6.44. The number of hydrogen-bond donors (Lipinski definition) is 2. The number of rotatable bonds is 3. The van der Waals surface area contributed by atoms with Gasteiger partial charge >= 0.3 is 0 Å². The van der Waals surface area contributed by atoms with Gasteiger partial charge in [-0.1, -0.05) is 37.5 Å². The first-order valence-corrected chi connectivity index (χ1v) is 7.88. The fourth-order valence-corrected chi connectivity index (χ4v) is 3.92. The predicted molar refractivity (Wildman–Crippen MR) is 82.8 cm³/mol. The molecule has 1 saturated carbocycles. The van der Waals surface area contributed by atoms with Crippen LogP contribution in [0.5, 0.6) is 0 Å². The number of nitrogens with two attached hydrogens (primary N) is 1. The minimum atomic E-state index is 0.165. The van der Waals surface area contributed by atoms with Crippen molar-refractivity contribution in [3.63, 3.8) is 0 Å². The monoisotopic (exact) mass is 271 g/mol. The molecule has 2 unspecified atom stereocenters. The van der Waals surface area contributed by atoms with Gasteiger partial charge in [-0.05, 0) is 42.9 Å². The fourth-order valence-electron chi connectivity index (χ4n) is 3.92. The van der Waals surface area contributed by atoms with Crippen molar-refractivity contribution in [3.05, 3.63) is 35.4 Å². The molecule has 1 aromatic carbocycles. The molecule has 3 nitrogen and oxygen atoms in total. The fraction of sp³-hybridized carbons (Fsp3) is 0.588. The summed E-state index contributed by atoms with van der Waals surface area (Å²) in [5.74, 6) is 2.08. The van der Waals surface area contributed by atoms with Crippen LogP contribution < -0.4 is 5.73 Å². The van der Waals surface area contributed by atoms with E-state index in [-0.39, 0.29) is 5.84 Å². The third kappa shape index (κ3) is 3.04. The molecule has 0 aromatic heterocycles. The molecule has 2 fully saturated rings. The van der Waals surface area contributed by atoms with E-state index in [1.54, 1.807) is 0 Å². The van der Waals surface area contributed by atoms with E-state index in [1.165, 1.54) is 50.8 Å². The van der Waals surface area contributed by atoms with Gasteiger partial charge in [0.2, 0.25) is 0 Å². The van der Waals surface area contributed by atoms with Crippen molar-refractivity contribution < 1.29 is 0 Å². The van der Waals surface area contributed by atoms with E-state index in [2.05, 4.69) is 17.0 Å². The van der Waals surface area contributed by atoms with Crippen LogP contribution in [0.2, 0.25) is 0 Å². The molecule has 0 spiro atoms. The summed E-state index contributed by atoms with van der Waals surface area (Å²) in [5, 5.41) is 7.54. The summed E-state index contributed by atoms with van der Waals surface area (Å²) in [6, 6.07) is 8.15. The summed E-state index contributed by atoms with van der Waals surface area (Å²) in [4.78, 5) is 2.59. The summed E-state index contributed by atoms with van der Waals surface area (Å²) in [5.41, 5.74) is 7.70. The Morgan fingerprint density at radius 1 is 1.20 bits per heavy atom. The first kappa shape index (κ1) is 13.6. The van der Waals surface area contributed by atoms with Crippen LogP contribution >= 0.6 is 0 Å². The molecule has 1 saturated heterocycles. The van der Waals surface area contributed by atoms with Crippen molar-refractivity contribution >= 4 is 5.84 Å². The lowest BCUT2D eigenvalue weighted by molar-refractivity contribution is 0.0820. The lowest BCUT2D eigenvalue weighted by Gasteiger charge is -2.41. The van der Waals surface area contributed by atoms with Crippen molar-refractivity contribution in [2.45, 2.75) is 38.6 Å². The molecule has 1 aliphatic carbocycles. The van der Waals surface area contributed by atoms with E-state index in [0.717, 1.165) is 23.9 Å². The third-order valence-electron chi connectivity index (χ3n) is 5.02. The largest absolute Gasteiger partial charge is 0.384 e. The second kappa shape index (κ2) is 5.96. The summed E-state index contributed by atoms with van der Waals surface area (Å²) in [6.07, 6.45) is 7.13. The SMILES string of the molecule is N=C(N)c1cccc(CN2CCC3CCCCC3C2)c1. The normalized spacial score (nSPS) is 27.0. The van der Waals surface area contributed by atoms with E-state index in [9.17, 15) is 0 Å². The molecule has 2 atom stereocenters. The van der Waals surface area contributed by atoms with Crippen molar-refractivity contribution in [3.8, 4) is 0 Å². The molecule has 1 aliphatic heterocycles. The predicted octanol–water partition coefficient (Wildman–Crippen LogP) is 2.98. The lowest BCUT2D eigenvalue weighted by atomic mass is 9.75. The molecule has 0 amide bonds.